The summed E-state index contributed by atoms with van der Waals surface area (Å²) in [6.45, 7) is 6.30. The van der Waals surface area contributed by atoms with Crippen molar-refractivity contribution in [3.8, 4) is 0 Å². The molecular weight excluding hydrogens is 444 g/mol. The van der Waals surface area contributed by atoms with Gasteiger partial charge < -0.3 is 20.4 Å². The fourth-order valence-corrected chi connectivity index (χ4v) is 4.31. The number of aliphatic carboxylic acids is 2. The summed E-state index contributed by atoms with van der Waals surface area (Å²) in [5, 5.41) is 39.3. The number of aliphatic imine (C=N–C) groups is 2. The van der Waals surface area contributed by atoms with E-state index in [4.69, 9.17) is 10.2 Å². The Hall–Kier alpha value is -3.30. The van der Waals surface area contributed by atoms with E-state index in [9.17, 15) is 29.4 Å². The number of hydrogen-bond acceptors (Lipinski definition) is 8. The van der Waals surface area contributed by atoms with Gasteiger partial charge >= 0.3 is 11.9 Å². The molecule has 2 aliphatic rings. The topological polar surface area (TPSA) is 174 Å². The van der Waals surface area contributed by atoms with Crippen LogP contribution in [0.1, 0.15) is 66.2 Å². The third-order valence-corrected chi connectivity index (χ3v) is 5.69. The number of Topliss-reactive ketones (excluding diaryl/α,β-unsaturated/α-hetero) is 2. The molecule has 0 radical (unpaired) electrons. The number of aliphatic hydroxyl groups is 2. The number of aliphatic hydroxyl groups excluding tert-OH is 2. The molecule has 2 saturated carbocycles. The zero-order valence-electron chi connectivity index (χ0n) is 20.0. The Balaban J connectivity index is 2.37. The van der Waals surface area contributed by atoms with Crippen molar-refractivity contribution in [2.45, 2.75) is 66.2 Å². The van der Waals surface area contributed by atoms with Crippen LogP contribution < -0.4 is 0 Å². The SMILES string of the molecule is CC1(C)CC(=O)/C(=C(/O)CC/C(O)=C2\C(=O)CC(C)(C)CC2=NCC(=O)O)C(=NCC(=O)O)C1. The van der Waals surface area contributed by atoms with Gasteiger partial charge in [-0.1, -0.05) is 27.7 Å². The van der Waals surface area contributed by atoms with Gasteiger partial charge in [0.1, 0.15) is 24.6 Å². The molecule has 2 rings (SSSR count). The molecule has 0 unspecified atom stereocenters. The summed E-state index contributed by atoms with van der Waals surface area (Å²) in [6.07, 6.45) is 0.518. The van der Waals surface area contributed by atoms with E-state index in [1.165, 1.54) is 0 Å². The normalized spacial score (nSPS) is 25.4. The minimum absolute atomic E-state index is 0.0470. The maximum atomic E-state index is 12.7. The monoisotopic (exact) mass is 476 g/mol. The number of rotatable bonds is 7. The van der Waals surface area contributed by atoms with Crippen LogP contribution in [0.3, 0.4) is 0 Å². The number of hydrogen-bond donors (Lipinski definition) is 4. The van der Waals surface area contributed by atoms with Crippen LogP contribution in [-0.4, -0.2) is 68.4 Å². The lowest BCUT2D eigenvalue weighted by Crippen LogP contribution is -2.33. The molecular formula is C24H32N2O8. The molecule has 10 heteroatoms. The van der Waals surface area contributed by atoms with Gasteiger partial charge in [0.05, 0.1) is 22.6 Å². The third-order valence-electron chi connectivity index (χ3n) is 5.69. The average Bonchev–Trinajstić information content (AvgIpc) is 2.66. The van der Waals surface area contributed by atoms with Gasteiger partial charge in [0.2, 0.25) is 0 Å². The molecule has 0 spiro atoms. The molecule has 0 aromatic carbocycles. The van der Waals surface area contributed by atoms with Gasteiger partial charge in [-0.3, -0.25) is 29.2 Å². The number of carbonyl (C=O) groups is 4. The molecule has 186 valence electrons. The Bertz CT molecular complexity index is 946. The summed E-state index contributed by atoms with van der Waals surface area (Å²) in [6, 6.07) is 0. The van der Waals surface area contributed by atoms with Crippen molar-refractivity contribution in [1.82, 2.24) is 0 Å². The second-order valence-electron chi connectivity index (χ2n) is 10.3. The second kappa shape index (κ2) is 10.3. The number of nitrogens with zero attached hydrogens (tertiary/aromatic N) is 2. The predicted molar refractivity (Wildman–Crippen MR) is 124 cm³/mol. The standard InChI is InChI=1S/C24H32N2O8/c1-23(2)7-13(25-11-19(31)32)21(17(29)9-23)15(27)5-6-16(28)22-14(26-12-20(33)34)8-24(3,4)10-18(22)30/h27-28H,5-12H2,1-4H3,(H,31,32)(H,33,34)/b21-15+,22-16+,25-13?,26-14?. The maximum Gasteiger partial charge on any atom is 0.325 e. The van der Waals surface area contributed by atoms with Crippen LogP contribution in [0.4, 0.5) is 0 Å². The smallest absolute Gasteiger partial charge is 0.325 e. The van der Waals surface area contributed by atoms with Gasteiger partial charge in [0.25, 0.3) is 0 Å². The summed E-state index contributed by atoms with van der Waals surface area (Å²) >= 11 is 0. The number of carboxylic acids is 2. The van der Waals surface area contributed by atoms with Crippen LogP contribution in [0.5, 0.6) is 0 Å². The highest BCUT2D eigenvalue weighted by molar-refractivity contribution is 6.25. The maximum absolute atomic E-state index is 12.7. The molecule has 2 aliphatic carbocycles. The minimum Gasteiger partial charge on any atom is -0.511 e. The molecule has 0 amide bonds. The molecule has 0 aromatic rings. The van der Waals surface area contributed by atoms with Gasteiger partial charge in [0.15, 0.2) is 11.6 Å². The third kappa shape index (κ3) is 7.10. The second-order valence-corrected chi connectivity index (χ2v) is 10.3. The molecule has 0 bridgehead atoms. The Morgan fingerprint density at radius 1 is 0.676 bits per heavy atom. The minimum atomic E-state index is -1.17. The van der Waals surface area contributed by atoms with Gasteiger partial charge in [-0.15, -0.1) is 0 Å². The van der Waals surface area contributed by atoms with Crippen molar-refractivity contribution in [3.05, 3.63) is 22.7 Å². The molecule has 0 aromatic heterocycles. The van der Waals surface area contributed by atoms with Crippen LogP contribution in [0.25, 0.3) is 0 Å². The zero-order valence-corrected chi connectivity index (χ0v) is 20.0. The Kier molecular flexibility index (Phi) is 8.18. The van der Waals surface area contributed by atoms with Crippen molar-refractivity contribution in [2.24, 2.45) is 20.8 Å². The molecule has 0 aliphatic heterocycles. The fourth-order valence-electron chi connectivity index (χ4n) is 4.31. The largest absolute Gasteiger partial charge is 0.511 e. The molecule has 4 N–H and O–H groups in total. The molecule has 0 saturated heterocycles. The van der Waals surface area contributed by atoms with Crippen LogP contribution in [0.2, 0.25) is 0 Å². The Morgan fingerprint density at radius 3 is 1.29 bits per heavy atom. The number of carbonyl (C=O) groups excluding carboxylic acids is 2. The van der Waals surface area contributed by atoms with Crippen molar-refractivity contribution >= 4 is 34.9 Å². The van der Waals surface area contributed by atoms with Gasteiger partial charge in [-0.05, 0) is 23.7 Å². The van der Waals surface area contributed by atoms with Crippen molar-refractivity contribution in [3.63, 3.8) is 0 Å². The highest BCUT2D eigenvalue weighted by Crippen LogP contribution is 2.37. The van der Waals surface area contributed by atoms with E-state index < -0.39 is 35.9 Å². The summed E-state index contributed by atoms with van der Waals surface area (Å²) in [4.78, 5) is 55.4. The average molecular weight is 477 g/mol. The van der Waals surface area contributed by atoms with Crippen LogP contribution in [-0.2, 0) is 19.2 Å². The van der Waals surface area contributed by atoms with Gasteiger partial charge in [-0.25, -0.2) is 0 Å². The first-order chi connectivity index (χ1) is 15.6. The van der Waals surface area contributed by atoms with Crippen LogP contribution >= 0.6 is 0 Å². The number of ketones is 2. The lowest BCUT2D eigenvalue weighted by atomic mass is 9.72. The summed E-state index contributed by atoms with van der Waals surface area (Å²) < 4.78 is 0. The first-order valence-corrected chi connectivity index (χ1v) is 11.0. The highest BCUT2D eigenvalue weighted by Gasteiger charge is 2.38. The lowest BCUT2D eigenvalue weighted by molar-refractivity contribution is -0.136. The first-order valence-electron chi connectivity index (χ1n) is 11.0. The Morgan fingerprint density at radius 2 is 1.00 bits per heavy atom. The first kappa shape index (κ1) is 26.9. The molecule has 34 heavy (non-hydrogen) atoms. The van der Waals surface area contributed by atoms with Gasteiger partial charge in [0, 0.05) is 25.7 Å². The van der Waals surface area contributed by atoms with E-state index in [-0.39, 0.29) is 71.3 Å². The highest BCUT2D eigenvalue weighted by atomic mass is 16.4. The summed E-state index contributed by atoms with van der Waals surface area (Å²) in [7, 11) is 0. The van der Waals surface area contributed by atoms with E-state index in [0.717, 1.165) is 0 Å². The molecule has 10 nitrogen and oxygen atoms in total. The van der Waals surface area contributed by atoms with Crippen molar-refractivity contribution < 1.29 is 39.6 Å². The van der Waals surface area contributed by atoms with E-state index in [1.54, 1.807) is 0 Å². The van der Waals surface area contributed by atoms with Crippen LogP contribution in [0.15, 0.2) is 32.6 Å². The summed E-state index contributed by atoms with van der Waals surface area (Å²) in [5.74, 6) is -3.77. The Labute approximate surface area is 197 Å². The molecule has 0 heterocycles. The van der Waals surface area contributed by atoms with Crippen molar-refractivity contribution in [1.29, 1.82) is 0 Å². The zero-order chi connectivity index (χ0) is 25.8. The number of allylic oxidation sites excluding steroid dienone is 4. The van der Waals surface area contributed by atoms with E-state index >= 15 is 0 Å². The summed E-state index contributed by atoms with van der Waals surface area (Å²) in [5.41, 5.74) is -0.582. The number of carboxylic acid groups (broad SMARTS) is 2. The fraction of sp³-hybridized carbons (Fsp3) is 0.583. The van der Waals surface area contributed by atoms with E-state index in [1.807, 2.05) is 27.7 Å². The molecule has 0 atom stereocenters. The molecule has 2 fully saturated rings. The van der Waals surface area contributed by atoms with E-state index in [0.29, 0.717) is 12.8 Å². The quantitative estimate of drug-likeness (QED) is 0.320. The predicted octanol–water partition coefficient (Wildman–Crippen LogP) is 3.22. The lowest BCUT2D eigenvalue weighted by Gasteiger charge is -2.32. The van der Waals surface area contributed by atoms with E-state index in [2.05, 4.69) is 9.98 Å². The van der Waals surface area contributed by atoms with Crippen LogP contribution in [0, 0.1) is 10.8 Å². The van der Waals surface area contributed by atoms with Crippen molar-refractivity contribution in [2.75, 3.05) is 13.1 Å². The van der Waals surface area contributed by atoms with Gasteiger partial charge in [-0.2, -0.15) is 0 Å².